The second-order valence-corrected chi connectivity index (χ2v) is 7.47. The second kappa shape index (κ2) is 5.40. The molecule has 0 atom stereocenters. The molecule has 0 saturated heterocycles. The summed E-state index contributed by atoms with van der Waals surface area (Å²) in [6.07, 6.45) is 0. The predicted octanol–water partition coefficient (Wildman–Crippen LogP) is 5.47. The summed E-state index contributed by atoms with van der Waals surface area (Å²) in [5.74, 6) is -0.0753. The molecule has 0 aliphatic heterocycles. The van der Waals surface area contributed by atoms with Crippen molar-refractivity contribution in [1.29, 1.82) is 0 Å². The number of carbonyl (C=O) groups is 1. The Labute approximate surface area is 136 Å². The Hall–Kier alpha value is -0.630. The van der Waals surface area contributed by atoms with Crippen LogP contribution in [-0.4, -0.2) is 5.91 Å². The number of amides is 1. The number of halogens is 2. The molecule has 2 aromatic heterocycles. The highest BCUT2D eigenvalue weighted by Gasteiger charge is 2.12. The van der Waals surface area contributed by atoms with Crippen molar-refractivity contribution in [2.24, 2.45) is 0 Å². The first-order valence-corrected chi connectivity index (χ1v) is 8.52. The Morgan fingerprint density at radius 3 is 2.79 bits per heavy atom. The molecular weight excluding hydrogens is 413 g/mol. The minimum absolute atomic E-state index is 0.0753. The molecule has 0 fully saturated rings. The summed E-state index contributed by atoms with van der Waals surface area (Å²) in [5, 5.41) is 5.61. The number of nitrogens with one attached hydrogen (secondary N) is 1. The van der Waals surface area contributed by atoms with Crippen LogP contribution >= 0.6 is 56.9 Å². The monoisotopic (exact) mass is 419 g/mol. The van der Waals surface area contributed by atoms with Crippen LogP contribution in [0.3, 0.4) is 0 Å². The van der Waals surface area contributed by atoms with Crippen molar-refractivity contribution < 1.29 is 4.79 Å². The number of fused-ring (bicyclic) bond motifs is 1. The molecule has 0 bridgehead atoms. The van der Waals surface area contributed by atoms with Gasteiger partial charge in [-0.3, -0.25) is 4.79 Å². The van der Waals surface area contributed by atoms with Gasteiger partial charge in [0.15, 0.2) is 0 Å². The molecule has 3 aromatic rings. The molecule has 1 N–H and O–H groups in total. The van der Waals surface area contributed by atoms with Gasteiger partial charge >= 0.3 is 0 Å². The molecule has 0 unspecified atom stereocenters. The van der Waals surface area contributed by atoms with E-state index in [9.17, 15) is 4.79 Å². The number of hydrogen-bond donors (Lipinski definition) is 1. The highest BCUT2D eigenvalue weighted by molar-refractivity contribution is 14.1. The molecule has 3 rings (SSSR count). The maximum Gasteiger partial charge on any atom is 0.265 e. The zero-order chi connectivity index (χ0) is 13.4. The average Bonchev–Trinajstić information content (AvgIpc) is 2.93. The number of carbonyl (C=O) groups excluding carboxylic acids is 1. The topological polar surface area (TPSA) is 29.1 Å². The van der Waals surface area contributed by atoms with Gasteiger partial charge in [-0.25, -0.2) is 0 Å². The first kappa shape index (κ1) is 13.4. The van der Waals surface area contributed by atoms with E-state index in [1.54, 1.807) is 17.4 Å². The molecule has 6 heteroatoms. The summed E-state index contributed by atoms with van der Waals surface area (Å²) in [6, 6.07) is 9.38. The van der Waals surface area contributed by atoms with Crippen LogP contribution in [0.4, 0.5) is 5.69 Å². The van der Waals surface area contributed by atoms with Crippen molar-refractivity contribution in [1.82, 2.24) is 0 Å². The lowest BCUT2D eigenvalue weighted by Crippen LogP contribution is -2.11. The minimum atomic E-state index is -0.0753. The van der Waals surface area contributed by atoms with Gasteiger partial charge in [0.05, 0.1) is 10.6 Å². The van der Waals surface area contributed by atoms with Crippen LogP contribution in [0.25, 0.3) is 9.40 Å². The number of anilines is 1. The van der Waals surface area contributed by atoms with Gasteiger partial charge in [-0.1, -0.05) is 11.6 Å². The van der Waals surface area contributed by atoms with Gasteiger partial charge in [-0.05, 0) is 58.3 Å². The Bertz CT molecular complexity index is 736. The fourth-order valence-corrected chi connectivity index (χ4v) is 4.66. The zero-order valence-electron chi connectivity index (χ0n) is 9.44. The summed E-state index contributed by atoms with van der Waals surface area (Å²) in [6.45, 7) is 0. The van der Waals surface area contributed by atoms with Gasteiger partial charge in [0, 0.05) is 18.0 Å². The van der Waals surface area contributed by atoms with E-state index in [0.29, 0.717) is 5.02 Å². The third-order valence-corrected chi connectivity index (χ3v) is 5.76. The van der Waals surface area contributed by atoms with E-state index in [1.165, 1.54) is 11.3 Å². The predicted molar refractivity (Wildman–Crippen MR) is 91.8 cm³/mol. The largest absolute Gasteiger partial charge is 0.320 e. The van der Waals surface area contributed by atoms with Crippen molar-refractivity contribution in [3.05, 3.63) is 49.2 Å². The van der Waals surface area contributed by atoms with Crippen molar-refractivity contribution in [3.8, 4) is 0 Å². The summed E-state index contributed by atoms with van der Waals surface area (Å²) < 4.78 is 3.23. The first-order chi connectivity index (χ1) is 9.13. The van der Waals surface area contributed by atoms with Crippen molar-refractivity contribution >= 4 is 77.9 Å². The molecule has 2 nitrogen and oxygen atoms in total. The summed E-state index contributed by atoms with van der Waals surface area (Å²) >= 11 is 11.2. The van der Waals surface area contributed by atoms with Crippen LogP contribution in [-0.2, 0) is 0 Å². The molecule has 1 amide bonds. The van der Waals surface area contributed by atoms with E-state index in [0.717, 1.165) is 23.5 Å². The van der Waals surface area contributed by atoms with Crippen molar-refractivity contribution in [3.63, 3.8) is 0 Å². The van der Waals surface area contributed by atoms with Crippen molar-refractivity contribution in [2.75, 3.05) is 5.32 Å². The third kappa shape index (κ3) is 2.79. The summed E-state index contributed by atoms with van der Waals surface area (Å²) in [7, 11) is 0. The minimum Gasteiger partial charge on any atom is -0.320 e. The van der Waals surface area contributed by atoms with Gasteiger partial charge in [0.2, 0.25) is 0 Å². The van der Waals surface area contributed by atoms with E-state index in [2.05, 4.69) is 27.9 Å². The van der Waals surface area contributed by atoms with Crippen LogP contribution in [0.1, 0.15) is 9.67 Å². The van der Waals surface area contributed by atoms with E-state index in [-0.39, 0.29) is 5.91 Å². The van der Waals surface area contributed by atoms with Crippen LogP contribution in [0.15, 0.2) is 35.7 Å². The second-order valence-electron chi connectivity index (χ2n) is 3.84. The molecule has 2 heterocycles. The number of thiophene rings is 2. The summed E-state index contributed by atoms with van der Waals surface area (Å²) in [4.78, 5) is 12.9. The smallest absolute Gasteiger partial charge is 0.265 e. The molecule has 19 heavy (non-hydrogen) atoms. The Kier molecular flexibility index (Phi) is 3.79. The van der Waals surface area contributed by atoms with E-state index < -0.39 is 0 Å². The van der Waals surface area contributed by atoms with Crippen LogP contribution < -0.4 is 5.32 Å². The molecule has 0 aliphatic carbocycles. The molecule has 0 radical (unpaired) electrons. The quantitative estimate of drug-likeness (QED) is 0.548. The molecule has 1 aromatic carbocycles. The highest BCUT2D eigenvalue weighted by atomic mass is 127. The lowest BCUT2D eigenvalue weighted by atomic mass is 10.3. The number of benzene rings is 1. The first-order valence-electron chi connectivity index (χ1n) is 5.37. The molecule has 0 aliphatic rings. The van der Waals surface area contributed by atoms with Crippen LogP contribution in [0.2, 0.25) is 5.02 Å². The molecule has 96 valence electrons. The van der Waals surface area contributed by atoms with Crippen molar-refractivity contribution in [2.45, 2.75) is 0 Å². The van der Waals surface area contributed by atoms with E-state index in [1.807, 2.05) is 29.6 Å². The van der Waals surface area contributed by atoms with E-state index in [4.69, 9.17) is 11.6 Å². The van der Waals surface area contributed by atoms with Gasteiger partial charge in [0.25, 0.3) is 5.91 Å². The molecular formula is C13H7ClINOS2. The van der Waals surface area contributed by atoms with Gasteiger partial charge in [0.1, 0.15) is 0 Å². The zero-order valence-corrected chi connectivity index (χ0v) is 14.0. The van der Waals surface area contributed by atoms with Crippen LogP contribution in [0, 0.1) is 3.57 Å². The van der Waals surface area contributed by atoms with Crippen LogP contribution in [0.5, 0.6) is 0 Å². The Morgan fingerprint density at radius 1 is 1.21 bits per heavy atom. The van der Waals surface area contributed by atoms with E-state index >= 15 is 0 Å². The van der Waals surface area contributed by atoms with Gasteiger partial charge < -0.3 is 5.32 Å². The maximum absolute atomic E-state index is 12.2. The lowest BCUT2D eigenvalue weighted by molar-refractivity contribution is 0.103. The fraction of sp³-hybridized carbons (Fsp3) is 0. The summed E-state index contributed by atoms with van der Waals surface area (Å²) in [5.41, 5.74) is 0.784. The van der Waals surface area contributed by atoms with Gasteiger partial charge in [-0.15, -0.1) is 22.7 Å². The molecule has 0 saturated carbocycles. The lowest BCUT2D eigenvalue weighted by Gasteiger charge is -2.06. The number of hydrogen-bond acceptors (Lipinski definition) is 3. The average molecular weight is 420 g/mol. The third-order valence-electron chi connectivity index (χ3n) is 2.54. The molecule has 0 spiro atoms. The van der Waals surface area contributed by atoms with Gasteiger partial charge in [-0.2, -0.15) is 0 Å². The Balaban J connectivity index is 1.86. The standard InChI is InChI=1S/C13H7ClINOS2/c14-7-1-2-9(8(15)5-7)16-13(17)12-6-11-10(19-12)3-4-18-11/h1-6H,(H,16,17). The maximum atomic E-state index is 12.2. The normalized spacial score (nSPS) is 10.8. The SMILES string of the molecule is O=C(Nc1ccc(Cl)cc1I)c1cc2sccc2s1. The Morgan fingerprint density at radius 2 is 2.05 bits per heavy atom. The highest BCUT2D eigenvalue weighted by Crippen LogP contribution is 2.31. The fourth-order valence-electron chi connectivity index (χ4n) is 1.65. The number of rotatable bonds is 2.